The molecule has 3 N–H and O–H groups in total. The Hall–Kier alpha value is -2.70. The molecule has 180 valence electrons. The van der Waals surface area contributed by atoms with Crippen LogP contribution in [0.3, 0.4) is 0 Å². The molecular weight excluding hydrogens is 496 g/mol. The second-order valence-electron chi connectivity index (χ2n) is 7.55. The van der Waals surface area contributed by atoms with Crippen molar-refractivity contribution >= 4 is 61.2 Å². The number of aliphatic carboxylic acids is 1. The van der Waals surface area contributed by atoms with E-state index >= 15 is 0 Å². The molecule has 2 aromatic carbocycles. The number of hydrogen-bond donors (Lipinski definition) is 2. The van der Waals surface area contributed by atoms with Crippen molar-refractivity contribution in [2.75, 3.05) is 11.4 Å². The lowest BCUT2D eigenvalue weighted by atomic mass is 10.2. The molecule has 3 aromatic rings. The monoisotopic (exact) mass is 520 g/mol. The molecule has 8 nitrogen and oxygen atoms in total. The molecule has 1 atom stereocenters. The number of rotatable bonds is 7. The predicted octanol–water partition coefficient (Wildman–Crippen LogP) is 4.23. The normalized spacial score (nSPS) is 15.9. The third kappa shape index (κ3) is 5.18. The lowest BCUT2D eigenvalue weighted by Gasteiger charge is -2.17. The predicted molar refractivity (Wildman–Crippen MR) is 134 cm³/mol. The van der Waals surface area contributed by atoms with Gasteiger partial charge in [-0.15, -0.1) is 0 Å². The van der Waals surface area contributed by atoms with E-state index in [0.29, 0.717) is 10.5 Å². The van der Waals surface area contributed by atoms with Gasteiger partial charge in [0.05, 0.1) is 10.7 Å². The first kappa shape index (κ1) is 25.9. The third-order valence-electron chi connectivity index (χ3n) is 5.28. The average molecular weight is 521 g/mol. The van der Waals surface area contributed by atoms with Gasteiger partial charge in [-0.05, 0) is 43.7 Å². The summed E-state index contributed by atoms with van der Waals surface area (Å²) in [5.74, 6) is -1.59. The van der Waals surface area contributed by atoms with E-state index < -0.39 is 27.9 Å². The summed E-state index contributed by atoms with van der Waals surface area (Å²) in [5.41, 5.74) is 2.81. The Morgan fingerprint density at radius 3 is 2.53 bits per heavy atom. The standard InChI is InChI=1S/C23H22N2O5S3.H2O/c1-3-24-16-8-4-6-10-18(16)31-21(24)12-15(2)13-22-25(14-20(23(26)27)33(28,29)30)17-9-5-7-11-19(17)32-22;/h4-13,20H,3,14H2,1-2H3,(H-,26,27,28,29,30);1H2. The van der Waals surface area contributed by atoms with Crippen LogP contribution in [0, 0.1) is 0 Å². The van der Waals surface area contributed by atoms with Crippen LogP contribution in [-0.2, 0) is 21.5 Å². The molecule has 0 saturated heterocycles. The van der Waals surface area contributed by atoms with Gasteiger partial charge in [0.25, 0.3) is 15.1 Å². The lowest BCUT2D eigenvalue weighted by Crippen LogP contribution is -2.47. The minimum Gasteiger partial charge on any atom is -0.870 e. The minimum atomic E-state index is -4.77. The van der Waals surface area contributed by atoms with Crippen molar-refractivity contribution < 1.29 is 32.9 Å². The van der Waals surface area contributed by atoms with Crippen LogP contribution in [0.25, 0.3) is 16.3 Å². The SMILES string of the molecule is CCN1C(=CC(C)=Cc2sc3ccccc3[n+]2CC(C(=O)O)S(=O)(=O)O)Sc2ccccc21.[OH-]. The summed E-state index contributed by atoms with van der Waals surface area (Å²) in [5, 5.41) is 9.23. The number of para-hydroxylation sites is 2. The van der Waals surface area contributed by atoms with E-state index in [1.54, 1.807) is 16.3 Å². The summed E-state index contributed by atoms with van der Waals surface area (Å²) in [7, 11) is -4.77. The molecule has 1 aliphatic heterocycles. The smallest absolute Gasteiger partial charge is 0.331 e. The van der Waals surface area contributed by atoms with E-state index in [-0.39, 0.29) is 5.48 Å². The third-order valence-corrected chi connectivity index (χ3v) is 8.57. The molecule has 0 amide bonds. The number of carboxylic acid groups (broad SMARTS) is 1. The van der Waals surface area contributed by atoms with Crippen LogP contribution in [0.15, 0.2) is 70.1 Å². The zero-order chi connectivity index (χ0) is 23.8. The van der Waals surface area contributed by atoms with Crippen LogP contribution in [0.5, 0.6) is 0 Å². The van der Waals surface area contributed by atoms with Crippen molar-refractivity contribution in [3.63, 3.8) is 0 Å². The lowest BCUT2D eigenvalue weighted by molar-refractivity contribution is -0.666. The number of carboxylic acids is 1. The maximum Gasteiger partial charge on any atom is 0.331 e. The van der Waals surface area contributed by atoms with E-state index in [4.69, 9.17) is 0 Å². The van der Waals surface area contributed by atoms with Crippen molar-refractivity contribution in [1.82, 2.24) is 0 Å². The molecule has 0 aliphatic carbocycles. The van der Waals surface area contributed by atoms with E-state index in [1.165, 1.54) is 21.9 Å². The Morgan fingerprint density at radius 1 is 1.18 bits per heavy atom. The van der Waals surface area contributed by atoms with Crippen LogP contribution in [0.4, 0.5) is 5.69 Å². The van der Waals surface area contributed by atoms with Crippen molar-refractivity contribution in [2.24, 2.45) is 0 Å². The highest BCUT2D eigenvalue weighted by molar-refractivity contribution is 8.03. The van der Waals surface area contributed by atoms with Gasteiger partial charge < -0.3 is 15.5 Å². The molecule has 1 unspecified atom stereocenters. The van der Waals surface area contributed by atoms with E-state index in [9.17, 15) is 22.9 Å². The number of anilines is 1. The first-order valence-corrected chi connectivity index (χ1v) is 13.4. The van der Waals surface area contributed by atoms with Crippen molar-refractivity contribution in [3.8, 4) is 0 Å². The number of allylic oxidation sites excluding steroid dienone is 2. The molecular formula is C23H24N2O6S3. The zero-order valence-electron chi connectivity index (χ0n) is 18.5. The Morgan fingerprint density at radius 2 is 1.85 bits per heavy atom. The number of hydrogen-bond acceptors (Lipinski definition) is 7. The fourth-order valence-electron chi connectivity index (χ4n) is 3.73. The molecule has 4 rings (SSSR count). The Balaban J connectivity index is 0.00000324. The number of nitrogens with zero attached hydrogens (tertiary/aromatic N) is 2. The van der Waals surface area contributed by atoms with Crippen LogP contribution < -0.4 is 9.47 Å². The fraction of sp³-hybridized carbons (Fsp3) is 0.217. The summed E-state index contributed by atoms with van der Waals surface area (Å²) in [6.07, 6.45) is 3.98. The number of aromatic nitrogens is 1. The Kier molecular flexibility index (Phi) is 7.84. The minimum absolute atomic E-state index is 0. The van der Waals surface area contributed by atoms with Gasteiger partial charge in [0.1, 0.15) is 4.70 Å². The molecule has 34 heavy (non-hydrogen) atoms. The van der Waals surface area contributed by atoms with Gasteiger partial charge in [0.15, 0.2) is 6.54 Å². The molecule has 0 bridgehead atoms. The number of benzene rings is 2. The van der Waals surface area contributed by atoms with Crippen LogP contribution in [0.1, 0.15) is 18.9 Å². The van der Waals surface area contributed by atoms with Crippen molar-refractivity contribution in [2.45, 2.75) is 30.5 Å². The van der Waals surface area contributed by atoms with Crippen LogP contribution in [0.2, 0.25) is 0 Å². The number of carbonyl (C=O) groups is 1. The maximum absolute atomic E-state index is 11.7. The van der Waals surface area contributed by atoms with Crippen LogP contribution >= 0.6 is 23.1 Å². The highest BCUT2D eigenvalue weighted by atomic mass is 32.2. The van der Waals surface area contributed by atoms with Gasteiger partial charge in [-0.1, -0.05) is 47.4 Å². The number of thiazole rings is 1. The van der Waals surface area contributed by atoms with Gasteiger partial charge in [0.2, 0.25) is 10.8 Å². The second-order valence-corrected chi connectivity index (χ2v) is 11.3. The Labute approximate surface area is 205 Å². The summed E-state index contributed by atoms with van der Waals surface area (Å²) < 4.78 is 35.4. The summed E-state index contributed by atoms with van der Waals surface area (Å²) in [6, 6.07) is 15.6. The number of thioether (sulfide) groups is 1. The first-order chi connectivity index (χ1) is 15.7. The molecule has 0 radical (unpaired) electrons. The van der Waals surface area contributed by atoms with Gasteiger partial charge in [-0.25, -0.2) is 0 Å². The fourth-order valence-corrected chi connectivity index (χ4v) is 6.74. The summed E-state index contributed by atoms with van der Waals surface area (Å²) >= 11 is 3.12. The quantitative estimate of drug-likeness (QED) is 0.350. The highest BCUT2D eigenvalue weighted by Crippen LogP contribution is 2.45. The van der Waals surface area contributed by atoms with E-state index in [0.717, 1.165) is 21.8 Å². The average Bonchev–Trinajstić information content (AvgIpc) is 3.27. The number of fused-ring (bicyclic) bond motifs is 2. The molecule has 2 heterocycles. The van der Waals surface area contributed by atoms with Gasteiger partial charge in [-0.3, -0.25) is 9.35 Å². The molecule has 0 saturated carbocycles. The molecule has 1 aromatic heterocycles. The summed E-state index contributed by atoms with van der Waals surface area (Å²) in [6.45, 7) is 4.48. The summed E-state index contributed by atoms with van der Waals surface area (Å²) in [4.78, 5) is 15.0. The van der Waals surface area contributed by atoms with Crippen LogP contribution in [-0.4, -0.2) is 41.3 Å². The van der Waals surface area contributed by atoms with Crippen molar-refractivity contribution in [1.29, 1.82) is 0 Å². The second kappa shape index (κ2) is 10.3. The topological polar surface area (TPSA) is 129 Å². The van der Waals surface area contributed by atoms with Gasteiger partial charge in [0, 0.05) is 23.6 Å². The van der Waals surface area contributed by atoms with E-state index in [1.807, 2.05) is 49.4 Å². The van der Waals surface area contributed by atoms with Gasteiger partial charge in [-0.2, -0.15) is 13.0 Å². The van der Waals surface area contributed by atoms with Gasteiger partial charge >= 0.3 is 5.97 Å². The molecule has 0 fully saturated rings. The maximum atomic E-state index is 11.7. The van der Waals surface area contributed by atoms with E-state index in [2.05, 4.69) is 30.0 Å². The molecule has 11 heteroatoms. The highest BCUT2D eigenvalue weighted by Gasteiger charge is 2.37. The molecule has 0 spiro atoms. The largest absolute Gasteiger partial charge is 0.870 e. The molecule has 1 aliphatic rings. The zero-order valence-corrected chi connectivity index (χ0v) is 20.9. The first-order valence-electron chi connectivity index (χ1n) is 10.2. The van der Waals surface area contributed by atoms with Crippen molar-refractivity contribution in [3.05, 3.63) is 70.2 Å². The Bertz CT molecular complexity index is 1390.